The maximum atomic E-state index is 13.2. The fourth-order valence-corrected chi connectivity index (χ4v) is 3.69. The largest absolute Gasteiger partial charge is 0.492 e. The van der Waals surface area contributed by atoms with Crippen molar-refractivity contribution >= 4 is 22.6 Å². The van der Waals surface area contributed by atoms with Crippen molar-refractivity contribution in [3.8, 4) is 11.4 Å². The summed E-state index contributed by atoms with van der Waals surface area (Å²) in [5.41, 5.74) is 3.65. The van der Waals surface area contributed by atoms with Gasteiger partial charge in [-0.05, 0) is 50.6 Å². The number of para-hydroxylation sites is 3. The van der Waals surface area contributed by atoms with E-state index in [9.17, 15) is 9.59 Å². The molecule has 0 radical (unpaired) electrons. The molecule has 2 heterocycles. The second-order valence-corrected chi connectivity index (χ2v) is 7.23. The standard InChI is InChI=1S/C24H24N4O3/c1-4-31-20-13-9-8-12-19(20)26-21(29)14-27-15-25-23-22(24(27)30)16(2)17(3)28(23)18-10-6-5-7-11-18/h5-13,15H,4,14H2,1-3H3,(H,26,29). The Balaban J connectivity index is 1.67. The van der Waals surface area contributed by atoms with Crippen LogP contribution in [0.2, 0.25) is 0 Å². The van der Waals surface area contributed by atoms with Crippen LogP contribution in [0.3, 0.4) is 0 Å². The van der Waals surface area contributed by atoms with Crippen LogP contribution in [-0.2, 0) is 11.3 Å². The summed E-state index contributed by atoms with van der Waals surface area (Å²) in [5.74, 6) is 0.262. The molecule has 0 spiro atoms. The van der Waals surface area contributed by atoms with Crippen molar-refractivity contribution in [3.63, 3.8) is 0 Å². The molecule has 1 amide bonds. The van der Waals surface area contributed by atoms with Crippen LogP contribution in [0, 0.1) is 13.8 Å². The van der Waals surface area contributed by atoms with Gasteiger partial charge in [0.05, 0.1) is 17.7 Å². The molecule has 0 fully saturated rings. The fourth-order valence-electron chi connectivity index (χ4n) is 3.69. The number of carbonyl (C=O) groups is 1. The number of rotatable bonds is 6. The van der Waals surface area contributed by atoms with Crippen LogP contribution in [0.25, 0.3) is 16.7 Å². The Morgan fingerprint density at radius 3 is 2.52 bits per heavy atom. The average molecular weight is 416 g/mol. The van der Waals surface area contributed by atoms with Crippen molar-refractivity contribution in [2.75, 3.05) is 11.9 Å². The van der Waals surface area contributed by atoms with Crippen molar-refractivity contribution in [1.82, 2.24) is 14.1 Å². The summed E-state index contributed by atoms with van der Waals surface area (Å²) in [6.07, 6.45) is 1.43. The normalized spacial score (nSPS) is 10.9. The molecule has 0 unspecified atom stereocenters. The number of nitrogens with zero attached hydrogens (tertiary/aromatic N) is 3. The van der Waals surface area contributed by atoms with Gasteiger partial charge in [0.15, 0.2) is 5.65 Å². The molecule has 4 aromatic rings. The average Bonchev–Trinajstić information content (AvgIpc) is 3.03. The molecule has 7 nitrogen and oxygen atoms in total. The highest BCUT2D eigenvalue weighted by Gasteiger charge is 2.18. The first-order valence-electron chi connectivity index (χ1n) is 10.2. The number of carbonyl (C=O) groups excluding carboxylic acids is 1. The number of fused-ring (bicyclic) bond motifs is 1. The van der Waals surface area contributed by atoms with Crippen LogP contribution >= 0.6 is 0 Å². The predicted octanol–water partition coefficient (Wildman–Crippen LogP) is 3.84. The highest BCUT2D eigenvalue weighted by Crippen LogP contribution is 2.25. The lowest BCUT2D eigenvalue weighted by molar-refractivity contribution is -0.116. The molecule has 0 bridgehead atoms. The summed E-state index contributed by atoms with van der Waals surface area (Å²) in [7, 11) is 0. The smallest absolute Gasteiger partial charge is 0.263 e. The van der Waals surface area contributed by atoms with Gasteiger partial charge in [0.2, 0.25) is 5.91 Å². The molecule has 1 N–H and O–H groups in total. The van der Waals surface area contributed by atoms with Gasteiger partial charge in [0.25, 0.3) is 5.56 Å². The lowest BCUT2D eigenvalue weighted by Gasteiger charge is -2.12. The van der Waals surface area contributed by atoms with Crippen LogP contribution < -0.4 is 15.6 Å². The quantitative estimate of drug-likeness (QED) is 0.518. The fraction of sp³-hybridized carbons (Fsp3) is 0.208. The molecule has 0 atom stereocenters. The summed E-state index contributed by atoms with van der Waals surface area (Å²) < 4.78 is 8.85. The highest BCUT2D eigenvalue weighted by molar-refractivity contribution is 5.92. The molecule has 7 heteroatoms. The minimum absolute atomic E-state index is 0.142. The summed E-state index contributed by atoms with van der Waals surface area (Å²) in [6.45, 7) is 6.10. The Morgan fingerprint density at radius 2 is 1.77 bits per heavy atom. The summed E-state index contributed by atoms with van der Waals surface area (Å²) in [6, 6.07) is 17.0. The van der Waals surface area contributed by atoms with Crippen LogP contribution in [0.1, 0.15) is 18.2 Å². The maximum Gasteiger partial charge on any atom is 0.263 e. The van der Waals surface area contributed by atoms with Gasteiger partial charge in [-0.2, -0.15) is 0 Å². The van der Waals surface area contributed by atoms with Crippen molar-refractivity contribution in [2.45, 2.75) is 27.3 Å². The lowest BCUT2D eigenvalue weighted by atomic mass is 10.2. The summed E-state index contributed by atoms with van der Waals surface area (Å²) in [5, 5.41) is 3.34. The molecule has 31 heavy (non-hydrogen) atoms. The third-order valence-electron chi connectivity index (χ3n) is 5.27. The monoisotopic (exact) mass is 416 g/mol. The first-order chi connectivity index (χ1) is 15.0. The zero-order valence-electron chi connectivity index (χ0n) is 17.8. The van der Waals surface area contributed by atoms with E-state index in [0.29, 0.717) is 29.1 Å². The van der Waals surface area contributed by atoms with Gasteiger partial charge in [0.1, 0.15) is 18.6 Å². The van der Waals surface area contributed by atoms with E-state index in [1.807, 2.05) is 67.8 Å². The van der Waals surface area contributed by atoms with E-state index in [1.165, 1.54) is 10.9 Å². The second-order valence-electron chi connectivity index (χ2n) is 7.23. The summed E-state index contributed by atoms with van der Waals surface area (Å²) in [4.78, 5) is 30.4. The molecule has 0 aliphatic heterocycles. The number of benzene rings is 2. The van der Waals surface area contributed by atoms with Gasteiger partial charge >= 0.3 is 0 Å². The lowest BCUT2D eigenvalue weighted by Crippen LogP contribution is -2.28. The maximum absolute atomic E-state index is 13.2. The first kappa shape index (κ1) is 20.4. The van der Waals surface area contributed by atoms with Crippen molar-refractivity contribution < 1.29 is 9.53 Å². The van der Waals surface area contributed by atoms with E-state index in [2.05, 4.69) is 10.3 Å². The Morgan fingerprint density at radius 1 is 1.06 bits per heavy atom. The number of ether oxygens (including phenoxy) is 1. The number of hydrogen-bond acceptors (Lipinski definition) is 4. The zero-order valence-corrected chi connectivity index (χ0v) is 17.8. The van der Waals surface area contributed by atoms with Gasteiger partial charge in [-0.25, -0.2) is 4.98 Å². The predicted molar refractivity (Wildman–Crippen MR) is 121 cm³/mol. The number of hydrogen-bond donors (Lipinski definition) is 1. The van der Waals surface area contributed by atoms with E-state index >= 15 is 0 Å². The molecule has 2 aromatic heterocycles. The third-order valence-corrected chi connectivity index (χ3v) is 5.27. The highest BCUT2D eigenvalue weighted by atomic mass is 16.5. The van der Waals surface area contributed by atoms with Gasteiger partial charge < -0.3 is 10.1 Å². The Labute approximate surface area is 179 Å². The number of aromatic nitrogens is 3. The van der Waals surface area contributed by atoms with E-state index in [4.69, 9.17) is 4.74 Å². The minimum atomic E-state index is -0.327. The number of anilines is 1. The van der Waals surface area contributed by atoms with Crippen LogP contribution in [0.5, 0.6) is 5.75 Å². The molecule has 4 rings (SSSR count). The molecule has 0 saturated carbocycles. The molecular weight excluding hydrogens is 392 g/mol. The Hall–Kier alpha value is -3.87. The Kier molecular flexibility index (Phi) is 5.58. The van der Waals surface area contributed by atoms with Crippen molar-refractivity contribution in [2.24, 2.45) is 0 Å². The molecular formula is C24H24N4O3. The van der Waals surface area contributed by atoms with E-state index in [0.717, 1.165) is 16.9 Å². The minimum Gasteiger partial charge on any atom is -0.492 e. The topological polar surface area (TPSA) is 78.2 Å². The van der Waals surface area contributed by atoms with E-state index < -0.39 is 0 Å². The number of amides is 1. The third kappa shape index (κ3) is 3.82. The van der Waals surface area contributed by atoms with Crippen molar-refractivity contribution in [1.29, 1.82) is 0 Å². The van der Waals surface area contributed by atoms with E-state index in [-0.39, 0.29) is 18.0 Å². The van der Waals surface area contributed by atoms with Crippen LogP contribution in [0.4, 0.5) is 5.69 Å². The van der Waals surface area contributed by atoms with Gasteiger partial charge in [0, 0.05) is 11.4 Å². The van der Waals surface area contributed by atoms with E-state index in [1.54, 1.807) is 12.1 Å². The Bertz CT molecular complexity index is 1310. The van der Waals surface area contributed by atoms with Gasteiger partial charge in [-0.15, -0.1) is 0 Å². The molecule has 0 aliphatic rings. The SMILES string of the molecule is CCOc1ccccc1NC(=O)Cn1cnc2c(c(C)c(C)n2-c2ccccc2)c1=O. The number of nitrogens with one attached hydrogen (secondary N) is 1. The van der Waals surface area contributed by atoms with Crippen LogP contribution in [-0.4, -0.2) is 26.6 Å². The summed E-state index contributed by atoms with van der Waals surface area (Å²) >= 11 is 0. The zero-order chi connectivity index (χ0) is 22.0. The van der Waals surface area contributed by atoms with Gasteiger partial charge in [-0.1, -0.05) is 30.3 Å². The molecule has 0 saturated heterocycles. The van der Waals surface area contributed by atoms with Gasteiger partial charge in [-0.3, -0.25) is 18.7 Å². The molecule has 2 aromatic carbocycles. The molecule has 158 valence electrons. The second kappa shape index (κ2) is 8.47. The first-order valence-corrected chi connectivity index (χ1v) is 10.2. The van der Waals surface area contributed by atoms with Crippen molar-refractivity contribution in [3.05, 3.63) is 82.5 Å². The number of aryl methyl sites for hydroxylation is 1. The van der Waals surface area contributed by atoms with Crippen LogP contribution in [0.15, 0.2) is 65.7 Å². The molecule has 0 aliphatic carbocycles.